The first kappa shape index (κ1) is 12.9. The van der Waals surface area contributed by atoms with Gasteiger partial charge in [0.2, 0.25) is 0 Å². The Hall–Kier alpha value is -2.56. The smallest absolute Gasteiger partial charge is 0.337 e. The second-order valence-electron chi connectivity index (χ2n) is 4.22. The van der Waals surface area contributed by atoms with Crippen molar-refractivity contribution in [2.24, 2.45) is 0 Å². The van der Waals surface area contributed by atoms with Gasteiger partial charge in [0.05, 0.1) is 11.3 Å². The van der Waals surface area contributed by atoms with Gasteiger partial charge in [0.25, 0.3) is 0 Å². The zero-order valence-electron chi connectivity index (χ0n) is 10.3. The van der Waals surface area contributed by atoms with E-state index in [0.29, 0.717) is 5.69 Å². The molecule has 0 radical (unpaired) electrons. The molecule has 0 bridgehead atoms. The molecule has 0 aliphatic heterocycles. The van der Waals surface area contributed by atoms with E-state index < -0.39 is 11.8 Å². The molecule has 2 aromatic carbocycles. The van der Waals surface area contributed by atoms with Crippen molar-refractivity contribution in [3.8, 4) is 0 Å². The van der Waals surface area contributed by atoms with Crippen LogP contribution < -0.4 is 11.1 Å². The fourth-order valence-corrected chi connectivity index (χ4v) is 1.70. The number of benzene rings is 2. The maximum atomic E-state index is 13.7. The number of nitrogens with two attached hydrogens (primary N) is 1. The summed E-state index contributed by atoms with van der Waals surface area (Å²) in [5, 5.41) is 11.8. The molecule has 4 N–H and O–H groups in total. The number of carboxylic acids is 1. The van der Waals surface area contributed by atoms with Crippen molar-refractivity contribution in [1.82, 2.24) is 0 Å². The normalized spacial score (nSPS) is 10.2. The highest BCUT2D eigenvalue weighted by Crippen LogP contribution is 2.24. The van der Waals surface area contributed by atoms with Gasteiger partial charge in [-0.25, -0.2) is 9.18 Å². The molecule has 0 saturated heterocycles. The molecule has 0 spiro atoms. The van der Waals surface area contributed by atoms with E-state index in [1.54, 1.807) is 25.1 Å². The third kappa shape index (κ3) is 2.82. The lowest BCUT2D eigenvalue weighted by Gasteiger charge is -2.10. The quantitative estimate of drug-likeness (QED) is 0.741. The molecule has 0 fully saturated rings. The third-order valence-electron chi connectivity index (χ3n) is 2.69. The Bertz CT molecular complexity index is 641. The first-order valence-corrected chi connectivity index (χ1v) is 5.63. The van der Waals surface area contributed by atoms with Gasteiger partial charge < -0.3 is 16.2 Å². The SMILES string of the molecule is Cc1ccc(Nc2ccc(N)c(C(=O)O)c2)c(F)c1. The minimum absolute atomic E-state index is 0.0162. The number of anilines is 3. The summed E-state index contributed by atoms with van der Waals surface area (Å²) < 4.78 is 13.7. The van der Waals surface area contributed by atoms with Gasteiger partial charge in [-0.1, -0.05) is 6.07 Å². The lowest BCUT2D eigenvalue weighted by atomic mass is 10.1. The summed E-state index contributed by atoms with van der Waals surface area (Å²) in [5.74, 6) is -1.51. The molecule has 0 aliphatic rings. The first-order valence-electron chi connectivity index (χ1n) is 5.63. The number of hydrogen-bond donors (Lipinski definition) is 3. The zero-order valence-corrected chi connectivity index (χ0v) is 10.3. The summed E-state index contributed by atoms with van der Waals surface area (Å²) >= 11 is 0. The Kier molecular flexibility index (Phi) is 3.37. The van der Waals surface area contributed by atoms with Crippen LogP contribution in [-0.2, 0) is 0 Å². The van der Waals surface area contributed by atoms with E-state index in [2.05, 4.69) is 5.32 Å². The predicted molar refractivity (Wildman–Crippen MR) is 72.2 cm³/mol. The molecule has 0 heterocycles. The first-order chi connectivity index (χ1) is 8.97. The molecular formula is C14H13FN2O2. The lowest BCUT2D eigenvalue weighted by Crippen LogP contribution is -2.03. The van der Waals surface area contributed by atoms with Crippen molar-refractivity contribution in [1.29, 1.82) is 0 Å². The minimum Gasteiger partial charge on any atom is -0.478 e. The Morgan fingerprint density at radius 2 is 2.00 bits per heavy atom. The second-order valence-corrected chi connectivity index (χ2v) is 4.22. The van der Waals surface area contributed by atoms with Crippen molar-refractivity contribution in [3.63, 3.8) is 0 Å². The average molecular weight is 260 g/mol. The number of halogens is 1. The standard InChI is InChI=1S/C14H13FN2O2/c1-8-2-5-13(11(15)6-8)17-9-3-4-12(16)10(7-9)14(18)19/h2-7,17H,16H2,1H3,(H,18,19). The zero-order chi connectivity index (χ0) is 14.0. The molecule has 0 saturated carbocycles. The fraction of sp³-hybridized carbons (Fsp3) is 0.0714. The number of nitrogens with one attached hydrogen (secondary N) is 1. The van der Waals surface area contributed by atoms with E-state index in [-0.39, 0.29) is 16.9 Å². The van der Waals surface area contributed by atoms with Gasteiger partial charge in [0.15, 0.2) is 0 Å². The van der Waals surface area contributed by atoms with Crippen LogP contribution in [0.4, 0.5) is 21.5 Å². The van der Waals surface area contributed by atoms with Crippen LogP contribution in [0.2, 0.25) is 0 Å². The van der Waals surface area contributed by atoms with Crippen LogP contribution in [0, 0.1) is 12.7 Å². The van der Waals surface area contributed by atoms with Gasteiger partial charge in [-0.15, -0.1) is 0 Å². The van der Waals surface area contributed by atoms with Crippen LogP contribution in [0.5, 0.6) is 0 Å². The second kappa shape index (κ2) is 4.97. The number of rotatable bonds is 3. The maximum absolute atomic E-state index is 13.7. The van der Waals surface area contributed by atoms with E-state index >= 15 is 0 Å². The highest BCUT2D eigenvalue weighted by molar-refractivity contribution is 5.95. The summed E-state index contributed by atoms with van der Waals surface area (Å²) in [7, 11) is 0. The van der Waals surface area contributed by atoms with Crippen LogP contribution in [-0.4, -0.2) is 11.1 Å². The summed E-state index contributed by atoms with van der Waals surface area (Å²) in [6, 6.07) is 9.20. The van der Waals surface area contributed by atoms with Gasteiger partial charge in [-0.05, 0) is 42.8 Å². The molecular weight excluding hydrogens is 247 g/mol. The molecule has 5 heteroatoms. The Morgan fingerprint density at radius 1 is 1.26 bits per heavy atom. The summed E-state index contributed by atoms with van der Waals surface area (Å²) in [6.45, 7) is 1.79. The molecule has 0 atom stereocenters. The maximum Gasteiger partial charge on any atom is 0.337 e. The number of hydrogen-bond acceptors (Lipinski definition) is 3. The van der Waals surface area contributed by atoms with Crippen molar-refractivity contribution < 1.29 is 14.3 Å². The van der Waals surface area contributed by atoms with Crippen LogP contribution in [0.1, 0.15) is 15.9 Å². The van der Waals surface area contributed by atoms with E-state index in [1.807, 2.05) is 0 Å². The van der Waals surface area contributed by atoms with Gasteiger partial charge in [0, 0.05) is 11.4 Å². The molecule has 0 aromatic heterocycles. The summed E-state index contributed by atoms with van der Waals surface area (Å²) in [6.07, 6.45) is 0. The van der Waals surface area contributed by atoms with Gasteiger partial charge in [0.1, 0.15) is 5.82 Å². The van der Waals surface area contributed by atoms with Crippen molar-refractivity contribution in [2.75, 3.05) is 11.1 Å². The van der Waals surface area contributed by atoms with Crippen molar-refractivity contribution in [2.45, 2.75) is 6.92 Å². The Labute approximate surface area is 109 Å². The highest BCUT2D eigenvalue weighted by Gasteiger charge is 2.09. The molecule has 0 amide bonds. The highest BCUT2D eigenvalue weighted by atomic mass is 19.1. The van der Waals surface area contributed by atoms with Crippen molar-refractivity contribution >= 4 is 23.0 Å². The molecule has 2 rings (SSSR count). The summed E-state index contributed by atoms with van der Waals surface area (Å²) in [5.41, 5.74) is 7.27. The largest absolute Gasteiger partial charge is 0.478 e. The van der Waals surface area contributed by atoms with Crippen LogP contribution in [0.15, 0.2) is 36.4 Å². The van der Waals surface area contributed by atoms with E-state index in [9.17, 15) is 9.18 Å². The Balaban J connectivity index is 2.33. The third-order valence-corrected chi connectivity index (χ3v) is 2.69. The van der Waals surface area contributed by atoms with Gasteiger partial charge in [-0.3, -0.25) is 0 Å². The van der Waals surface area contributed by atoms with Gasteiger partial charge in [-0.2, -0.15) is 0 Å². The van der Waals surface area contributed by atoms with E-state index in [4.69, 9.17) is 10.8 Å². The molecule has 98 valence electrons. The molecule has 19 heavy (non-hydrogen) atoms. The molecule has 2 aromatic rings. The predicted octanol–water partition coefficient (Wildman–Crippen LogP) is 3.16. The van der Waals surface area contributed by atoms with E-state index in [0.717, 1.165) is 5.56 Å². The fourth-order valence-electron chi connectivity index (χ4n) is 1.70. The average Bonchev–Trinajstić information content (AvgIpc) is 2.34. The minimum atomic E-state index is -1.12. The van der Waals surface area contributed by atoms with Gasteiger partial charge >= 0.3 is 5.97 Å². The number of aromatic carboxylic acids is 1. The molecule has 4 nitrogen and oxygen atoms in total. The van der Waals surface area contributed by atoms with E-state index in [1.165, 1.54) is 18.2 Å². The number of nitrogen functional groups attached to an aromatic ring is 1. The number of aryl methyl sites for hydroxylation is 1. The number of carboxylic acid groups (broad SMARTS) is 1. The van der Waals surface area contributed by atoms with Crippen LogP contribution in [0.3, 0.4) is 0 Å². The van der Waals surface area contributed by atoms with Crippen LogP contribution >= 0.6 is 0 Å². The number of carbonyl (C=O) groups is 1. The Morgan fingerprint density at radius 3 is 2.63 bits per heavy atom. The lowest BCUT2D eigenvalue weighted by molar-refractivity contribution is 0.0698. The summed E-state index contributed by atoms with van der Waals surface area (Å²) in [4.78, 5) is 11.0. The molecule has 0 aliphatic carbocycles. The topological polar surface area (TPSA) is 75.3 Å². The monoisotopic (exact) mass is 260 g/mol. The van der Waals surface area contributed by atoms with Crippen LogP contribution in [0.25, 0.3) is 0 Å². The van der Waals surface area contributed by atoms with Crippen molar-refractivity contribution in [3.05, 3.63) is 53.3 Å². The molecule has 0 unspecified atom stereocenters.